The zero-order valence-electron chi connectivity index (χ0n) is 15.2. The molecule has 22 heavy (non-hydrogen) atoms. The van der Waals surface area contributed by atoms with Crippen LogP contribution in [-0.2, 0) is 14.0 Å². The van der Waals surface area contributed by atoms with Gasteiger partial charge >= 0.3 is 6.09 Å². The van der Waals surface area contributed by atoms with Crippen molar-refractivity contribution in [3.8, 4) is 0 Å². The first-order valence-electron chi connectivity index (χ1n) is 8.02. The number of imide groups is 1. The zero-order valence-corrected chi connectivity index (χ0v) is 16.2. The number of hydrogen-bond acceptors (Lipinski definition) is 4. The van der Waals surface area contributed by atoms with Crippen molar-refractivity contribution in [1.82, 2.24) is 4.90 Å². The molecule has 1 fully saturated rings. The Hall–Kier alpha value is -0.883. The minimum Gasteiger partial charge on any atom is -0.447 e. The number of amides is 2. The van der Waals surface area contributed by atoms with Gasteiger partial charge in [-0.1, -0.05) is 41.5 Å². The van der Waals surface area contributed by atoms with Crippen molar-refractivity contribution in [2.45, 2.75) is 65.7 Å². The smallest absolute Gasteiger partial charge is 0.416 e. The Balaban J connectivity index is 2.71. The van der Waals surface area contributed by atoms with Gasteiger partial charge in [0.1, 0.15) is 6.61 Å². The average molecular weight is 330 g/mol. The van der Waals surface area contributed by atoms with E-state index in [2.05, 4.69) is 33.9 Å². The van der Waals surface area contributed by atoms with Gasteiger partial charge < -0.3 is 9.16 Å². The summed E-state index contributed by atoms with van der Waals surface area (Å²) in [6, 6.07) is -0.171. The Labute approximate surface area is 135 Å². The molecule has 1 heterocycles. The van der Waals surface area contributed by atoms with E-state index in [1.807, 2.05) is 20.8 Å². The standard InChI is InChI=1S/C16H31NO4Si/c1-11(2)13-10-20-15(19)17(13)14(18)12(3)9-21-22(7,8)16(4,5)6/h11-13H,9-10H2,1-8H3. The molecule has 1 aliphatic heterocycles. The van der Waals surface area contributed by atoms with E-state index in [9.17, 15) is 9.59 Å². The molecule has 0 bridgehead atoms. The number of carbonyl (C=O) groups excluding carboxylic acids is 2. The van der Waals surface area contributed by atoms with Crippen LogP contribution in [0.25, 0.3) is 0 Å². The summed E-state index contributed by atoms with van der Waals surface area (Å²) >= 11 is 0. The third-order valence-electron chi connectivity index (χ3n) is 4.83. The Morgan fingerprint density at radius 1 is 1.36 bits per heavy atom. The zero-order chi connectivity index (χ0) is 17.3. The van der Waals surface area contributed by atoms with Crippen molar-refractivity contribution in [3.05, 3.63) is 0 Å². The second-order valence-corrected chi connectivity index (χ2v) is 12.9. The largest absolute Gasteiger partial charge is 0.447 e. The fourth-order valence-electron chi connectivity index (χ4n) is 2.04. The van der Waals surface area contributed by atoms with Crippen molar-refractivity contribution in [1.29, 1.82) is 0 Å². The lowest BCUT2D eigenvalue weighted by molar-refractivity contribution is -0.134. The van der Waals surface area contributed by atoms with Crippen molar-refractivity contribution >= 4 is 20.3 Å². The molecule has 0 spiro atoms. The molecule has 1 rings (SSSR count). The van der Waals surface area contributed by atoms with Gasteiger partial charge in [-0.05, 0) is 24.1 Å². The van der Waals surface area contributed by atoms with Crippen LogP contribution in [0.1, 0.15) is 41.5 Å². The van der Waals surface area contributed by atoms with Crippen LogP contribution >= 0.6 is 0 Å². The van der Waals surface area contributed by atoms with Crippen LogP contribution < -0.4 is 0 Å². The summed E-state index contributed by atoms with van der Waals surface area (Å²) < 4.78 is 11.2. The molecule has 5 nitrogen and oxygen atoms in total. The van der Waals surface area contributed by atoms with Gasteiger partial charge in [-0.15, -0.1) is 0 Å². The number of rotatable bonds is 5. The summed E-state index contributed by atoms with van der Waals surface area (Å²) in [5.74, 6) is -0.357. The van der Waals surface area contributed by atoms with Crippen LogP contribution in [-0.4, -0.2) is 44.5 Å². The molecule has 0 aromatic heterocycles. The number of ether oxygens (including phenoxy) is 1. The van der Waals surface area contributed by atoms with Gasteiger partial charge in [-0.3, -0.25) is 4.79 Å². The molecule has 2 unspecified atom stereocenters. The van der Waals surface area contributed by atoms with Crippen LogP contribution in [0.2, 0.25) is 18.1 Å². The first-order valence-corrected chi connectivity index (χ1v) is 10.9. The van der Waals surface area contributed by atoms with Crippen molar-refractivity contribution < 1.29 is 18.8 Å². The van der Waals surface area contributed by atoms with Crippen LogP contribution in [0.5, 0.6) is 0 Å². The van der Waals surface area contributed by atoms with E-state index in [0.29, 0.717) is 6.61 Å². The molecule has 0 aromatic rings. The van der Waals surface area contributed by atoms with E-state index in [4.69, 9.17) is 9.16 Å². The molecule has 2 amide bonds. The van der Waals surface area contributed by atoms with Gasteiger partial charge in [0, 0.05) is 6.61 Å². The molecule has 0 radical (unpaired) electrons. The lowest BCUT2D eigenvalue weighted by Gasteiger charge is -2.37. The highest BCUT2D eigenvalue weighted by Gasteiger charge is 2.42. The Morgan fingerprint density at radius 2 is 1.91 bits per heavy atom. The highest BCUT2D eigenvalue weighted by molar-refractivity contribution is 6.74. The maximum absolute atomic E-state index is 12.6. The fourth-order valence-corrected chi connectivity index (χ4v) is 3.14. The monoisotopic (exact) mass is 329 g/mol. The normalized spacial score (nSPS) is 21.2. The molecule has 1 saturated heterocycles. The molecule has 0 N–H and O–H groups in total. The topological polar surface area (TPSA) is 55.8 Å². The lowest BCUT2D eigenvalue weighted by Crippen LogP contribution is -2.47. The van der Waals surface area contributed by atoms with Crippen LogP contribution in [0.4, 0.5) is 4.79 Å². The van der Waals surface area contributed by atoms with Gasteiger partial charge in [-0.2, -0.15) is 0 Å². The van der Waals surface area contributed by atoms with Gasteiger partial charge in [0.2, 0.25) is 5.91 Å². The van der Waals surface area contributed by atoms with E-state index < -0.39 is 14.4 Å². The first kappa shape index (κ1) is 19.2. The Bertz CT molecular complexity index is 428. The highest BCUT2D eigenvalue weighted by Crippen LogP contribution is 2.37. The van der Waals surface area contributed by atoms with E-state index >= 15 is 0 Å². The summed E-state index contributed by atoms with van der Waals surface area (Å²) in [5.41, 5.74) is 0. The molecule has 6 heteroatoms. The number of carbonyl (C=O) groups is 2. The van der Waals surface area contributed by atoms with Crippen molar-refractivity contribution in [2.24, 2.45) is 11.8 Å². The SMILES string of the molecule is CC(CO[Si](C)(C)C(C)(C)C)C(=O)N1C(=O)OCC1C(C)C. The van der Waals surface area contributed by atoms with E-state index in [0.717, 1.165) is 0 Å². The number of nitrogens with zero attached hydrogens (tertiary/aromatic N) is 1. The van der Waals surface area contributed by atoms with Crippen molar-refractivity contribution in [2.75, 3.05) is 13.2 Å². The van der Waals surface area contributed by atoms with Crippen LogP contribution in [0, 0.1) is 11.8 Å². The molecule has 0 saturated carbocycles. The Morgan fingerprint density at radius 3 is 2.36 bits per heavy atom. The molecule has 128 valence electrons. The maximum Gasteiger partial charge on any atom is 0.416 e. The average Bonchev–Trinajstić information content (AvgIpc) is 2.75. The highest BCUT2D eigenvalue weighted by atomic mass is 28.4. The summed E-state index contributed by atoms with van der Waals surface area (Å²) in [4.78, 5) is 25.7. The van der Waals surface area contributed by atoms with Crippen LogP contribution in [0.15, 0.2) is 0 Å². The molecule has 2 atom stereocenters. The van der Waals surface area contributed by atoms with Gasteiger partial charge in [0.25, 0.3) is 0 Å². The minimum absolute atomic E-state index is 0.100. The summed E-state index contributed by atoms with van der Waals surface area (Å²) in [5, 5.41) is 0.100. The summed E-state index contributed by atoms with van der Waals surface area (Å²) in [7, 11) is -1.90. The fraction of sp³-hybridized carbons (Fsp3) is 0.875. The number of hydrogen-bond donors (Lipinski definition) is 0. The second kappa shape index (κ2) is 6.70. The second-order valence-electron chi connectivity index (χ2n) is 8.07. The number of cyclic esters (lactones) is 1. The van der Waals surface area contributed by atoms with Crippen molar-refractivity contribution in [3.63, 3.8) is 0 Å². The molecule has 1 aliphatic rings. The molecular weight excluding hydrogens is 298 g/mol. The Kier molecular flexibility index (Phi) is 5.84. The summed E-state index contributed by atoms with van der Waals surface area (Å²) in [6.45, 7) is 17.2. The maximum atomic E-state index is 12.6. The molecular formula is C16H31NO4Si. The third-order valence-corrected chi connectivity index (χ3v) is 9.34. The molecule has 0 aromatic carbocycles. The lowest BCUT2D eigenvalue weighted by atomic mass is 10.0. The summed E-state index contributed by atoms with van der Waals surface area (Å²) in [6.07, 6.45) is -0.525. The minimum atomic E-state index is -1.90. The van der Waals surface area contributed by atoms with Gasteiger partial charge in [-0.25, -0.2) is 9.69 Å². The first-order chi connectivity index (χ1) is 9.88. The predicted octanol–water partition coefficient (Wildman–Crippen LogP) is 3.65. The van der Waals surface area contributed by atoms with E-state index in [-0.39, 0.29) is 35.4 Å². The van der Waals surface area contributed by atoms with E-state index in [1.54, 1.807) is 0 Å². The predicted molar refractivity (Wildman–Crippen MR) is 89.1 cm³/mol. The van der Waals surface area contributed by atoms with Crippen LogP contribution in [0.3, 0.4) is 0 Å². The quantitative estimate of drug-likeness (QED) is 0.723. The van der Waals surface area contributed by atoms with Gasteiger partial charge in [0.05, 0.1) is 12.0 Å². The van der Waals surface area contributed by atoms with E-state index in [1.165, 1.54) is 4.90 Å². The van der Waals surface area contributed by atoms with Gasteiger partial charge in [0.15, 0.2) is 8.32 Å². The third kappa shape index (κ3) is 4.10. The molecule has 0 aliphatic carbocycles.